The fourth-order valence-corrected chi connectivity index (χ4v) is 2.13. The Morgan fingerprint density at radius 3 is 2.88 bits per heavy atom. The van der Waals surface area contributed by atoms with E-state index in [0.717, 1.165) is 36.4 Å². The molecule has 1 fully saturated rings. The van der Waals surface area contributed by atoms with Crippen LogP contribution >= 0.6 is 0 Å². The van der Waals surface area contributed by atoms with Crippen LogP contribution in [0.5, 0.6) is 5.75 Å². The van der Waals surface area contributed by atoms with Crippen LogP contribution in [0.15, 0.2) is 18.2 Å². The summed E-state index contributed by atoms with van der Waals surface area (Å²) in [5.41, 5.74) is 7.46. The van der Waals surface area contributed by atoms with Crippen molar-refractivity contribution in [1.29, 1.82) is 0 Å². The summed E-state index contributed by atoms with van der Waals surface area (Å²) >= 11 is 0. The molecule has 0 bridgehead atoms. The second kappa shape index (κ2) is 5.19. The molecule has 17 heavy (non-hydrogen) atoms. The molecule has 4 nitrogen and oxygen atoms in total. The lowest BCUT2D eigenvalue weighted by atomic mass is 10.1. The molecular weight excluding hydrogens is 216 g/mol. The normalized spacial score (nSPS) is 16.1. The Hall–Kier alpha value is -1.55. The van der Waals surface area contributed by atoms with Crippen molar-refractivity contribution in [2.75, 3.05) is 18.6 Å². The number of carbonyl (C=O) groups is 1. The summed E-state index contributed by atoms with van der Waals surface area (Å²) < 4.78 is 5.34. The molecule has 0 aliphatic carbocycles. The summed E-state index contributed by atoms with van der Waals surface area (Å²) in [5.74, 6) is 0.901. The molecule has 0 spiro atoms. The second-order valence-electron chi connectivity index (χ2n) is 4.21. The number of ether oxygens (including phenoxy) is 1. The predicted molar refractivity (Wildman–Crippen MR) is 67.1 cm³/mol. The fraction of sp³-hybridized carbons (Fsp3) is 0.462. The predicted octanol–water partition coefficient (Wildman–Crippen LogP) is 1.67. The molecule has 92 valence electrons. The zero-order valence-corrected chi connectivity index (χ0v) is 10.1. The molecule has 0 atom stereocenters. The van der Waals surface area contributed by atoms with E-state index in [1.165, 1.54) is 0 Å². The summed E-state index contributed by atoms with van der Waals surface area (Å²) in [6.07, 6.45) is 2.66. The average molecular weight is 234 g/mol. The molecule has 0 aromatic heterocycles. The largest absolute Gasteiger partial charge is 0.495 e. The summed E-state index contributed by atoms with van der Waals surface area (Å²) in [6, 6.07) is 5.77. The van der Waals surface area contributed by atoms with Gasteiger partial charge in [-0.2, -0.15) is 0 Å². The van der Waals surface area contributed by atoms with Crippen LogP contribution in [0.3, 0.4) is 0 Å². The van der Waals surface area contributed by atoms with Crippen molar-refractivity contribution >= 4 is 11.6 Å². The van der Waals surface area contributed by atoms with Crippen molar-refractivity contribution in [3.8, 4) is 5.75 Å². The van der Waals surface area contributed by atoms with E-state index in [9.17, 15) is 4.79 Å². The number of nitrogens with zero attached hydrogens (tertiary/aromatic N) is 1. The molecule has 2 rings (SSSR count). The number of benzene rings is 1. The quantitative estimate of drug-likeness (QED) is 0.865. The van der Waals surface area contributed by atoms with Crippen LogP contribution in [0, 0.1) is 0 Å². The number of amides is 1. The first kappa shape index (κ1) is 11.9. The number of methoxy groups -OCH3 is 1. The van der Waals surface area contributed by atoms with Gasteiger partial charge in [0, 0.05) is 19.5 Å². The number of rotatable bonds is 3. The Kier molecular flexibility index (Phi) is 3.64. The zero-order valence-electron chi connectivity index (χ0n) is 10.1. The van der Waals surface area contributed by atoms with E-state index >= 15 is 0 Å². The van der Waals surface area contributed by atoms with Crippen molar-refractivity contribution < 1.29 is 9.53 Å². The third kappa shape index (κ3) is 2.42. The molecule has 1 aromatic carbocycles. The van der Waals surface area contributed by atoms with E-state index in [1.54, 1.807) is 7.11 Å². The molecule has 1 amide bonds. The van der Waals surface area contributed by atoms with E-state index in [0.29, 0.717) is 13.0 Å². The van der Waals surface area contributed by atoms with Gasteiger partial charge in [-0.05, 0) is 30.5 Å². The van der Waals surface area contributed by atoms with Gasteiger partial charge in [0.1, 0.15) is 5.75 Å². The third-order valence-electron chi connectivity index (χ3n) is 3.09. The van der Waals surface area contributed by atoms with Crippen LogP contribution in [-0.4, -0.2) is 19.6 Å². The van der Waals surface area contributed by atoms with Gasteiger partial charge in [-0.3, -0.25) is 4.79 Å². The first-order valence-corrected chi connectivity index (χ1v) is 5.93. The van der Waals surface area contributed by atoms with Crippen molar-refractivity contribution in [2.45, 2.75) is 25.8 Å². The Morgan fingerprint density at radius 1 is 1.41 bits per heavy atom. The van der Waals surface area contributed by atoms with Crippen molar-refractivity contribution in [3.05, 3.63) is 23.8 Å². The Morgan fingerprint density at radius 2 is 2.24 bits per heavy atom. The van der Waals surface area contributed by atoms with E-state index in [-0.39, 0.29) is 5.91 Å². The molecule has 4 heteroatoms. The monoisotopic (exact) mass is 234 g/mol. The van der Waals surface area contributed by atoms with Gasteiger partial charge in [0.2, 0.25) is 5.91 Å². The standard InChI is InChI=1S/C13H18N2O2/c1-17-12-8-10(9-14)5-6-11(12)15-7-3-2-4-13(15)16/h5-6,8H,2-4,7,9,14H2,1H3. The first-order chi connectivity index (χ1) is 8.26. The highest BCUT2D eigenvalue weighted by atomic mass is 16.5. The van der Waals surface area contributed by atoms with E-state index in [1.807, 2.05) is 23.1 Å². The van der Waals surface area contributed by atoms with E-state index in [2.05, 4.69) is 0 Å². The molecule has 0 unspecified atom stereocenters. The summed E-state index contributed by atoms with van der Waals surface area (Å²) in [6.45, 7) is 1.25. The van der Waals surface area contributed by atoms with Crippen molar-refractivity contribution in [3.63, 3.8) is 0 Å². The third-order valence-corrected chi connectivity index (χ3v) is 3.09. The number of hydrogen-bond acceptors (Lipinski definition) is 3. The second-order valence-corrected chi connectivity index (χ2v) is 4.21. The van der Waals surface area contributed by atoms with Crippen LogP contribution in [0.1, 0.15) is 24.8 Å². The smallest absolute Gasteiger partial charge is 0.227 e. The lowest BCUT2D eigenvalue weighted by Gasteiger charge is -2.28. The van der Waals surface area contributed by atoms with Gasteiger partial charge in [-0.25, -0.2) is 0 Å². The van der Waals surface area contributed by atoms with Crippen molar-refractivity contribution in [2.24, 2.45) is 5.73 Å². The average Bonchev–Trinajstić information content (AvgIpc) is 2.38. The van der Waals surface area contributed by atoms with Gasteiger partial charge < -0.3 is 15.4 Å². The SMILES string of the molecule is COc1cc(CN)ccc1N1CCCCC1=O. The fourth-order valence-electron chi connectivity index (χ4n) is 2.13. The van der Waals surface area contributed by atoms with Gasteiger partial charge in [0.15, 0.2) is 0 Å². The number of nitrogens with two attached hydrogens (primary N) is 1. The molecule has 1 aliphatic rings. The molecule has 1 heterocycles. The molecular formula is C13H18N2O2. The maximum Gasteiger partial charge on any atom is 0.227 e. The van der Waals surface area contributed by atoms with Crippen LogP contribution in [-0.2, 0) is 11.3 Å². The summed E-state index contributed by atoms with van der Waals surface area (Å²) in [7, 11) is 1.62. The van der Waals surface area contributed by atoms with E-state index < -0.39 is 0 Å². The lowest BCUT2D eigenvalue weighted by Crippen LogP contribution is -2.35. The Bertz CT molecular complexity index is 418. The number of piperidine rings is 1. The summed E-state index contributed by atoms with van der Waals surface area (Å²) in [5, 5.41) is 0. The minimum absolute atomic E-state index is 0.176. The summed E-state index contributed by atoms with van der Waals surface area (Å²) in [4.78, 5) is 13.7. The minimum atomic E-state index is 0.176. The van der Waals surface area contributed by atoms with Crippen LogP contribution in [0.2, 0.25) is 0 Å². The Labute approximate surface area is 101 Å². The van der Waals surface area contributed by atoms with Gasteiger partial charge in [-0.15, -0.1) is 0 Å². The van der Waals surface area contributed by atoms with Gasteiger partial charge in [-0.1, -0.05) is 6.07 Å². The van der Waals surface area contributed by atoms with Gasteiger partial charge >= 0.3 is 0 Å². The zero-order chi connectivity index (χ0) is 12.3. The molecule has 1 saturated heterocycles. The highest BCUT2D eigenvalue weighted by molar-refractivity contribution is 5.95. The lowest BCUT2D eigenvalue weighted by molar-refractivity contribution is -0.119. The number of carbonyl (C=O) groups excluding carboxylic acids is 1. The molecule has 0 radical (unpaired) electrons. The topological polar surface area (TPSA) is 55.6 Å². The van der Waals surface area contributed by atoms with Crippen molar-refractivity contribution in [1.82, 2.24) is 0 Å². The Balaban J connectivity index is 2.33. The molecule has 1 aliphatic heterocycles. The molecule has 1 aromatic rings. The minimum Gasteiger partial charge on any atom is -0.495 e. The van der Waals surface area contributed by atoms with Gasteiger partial charge in [0.25, 0.3) is 0 Å². The van der Waals surface area contributed by atoms with Gasteiger partial charge in [0.05, 0.1) is 12.8 Å². The van der Waals surface area contributed by atoms with Crippen LogP contribution in [0.4, 0.5) is 5.69 Å². The van der Waals surface area contributed by atoms with Crippen LogP contribution in [0.25, 0.3) is 0 Å². The maximum atomic E-state index is 11.9. The highest BCUT2D eigenvalue weighted by Gasteiger charge is 2.22. The first-order valence-electron chi connectivity index (χ1n) is 5.93. The number of anilines is 1. The maximum absolute atomic E-state index is 11.9. The van der Waals surface area contributed by atoms with E-state index in [4.69, 9.17) is 10.5 Å². The molecule has 2 N–H and O–H groups in total. The number of hydrogen-bond donors (Lipinski definition) is 1. The molecule has 0 saturated carbocycles. The highest BCUT2D eigenvalue weighted by Crippen LogP contribution is 2.31. The van der Waals surface area contributed by atoms with Crippen LogP contribution < -0.4 is 15.4 Å².